The Kier molecular flexibility index (Phi) is 0.947. The molecule has 1 heterocycles. The lowest BCUT2D eigenvalue weighted by Gasteiger charge is -1.92. The van der Waals surface area contributed by atoms with Gasteiger partial charge in [-0.3, -0.25) is 0 Å². The molecule has 0 aromatic carbocycles. The molecule has 0 bridgehead atoms. The van der Waals surface area contributed by atoms with E-state index in [9.17, 15) is 0 Å². The van der Waals surface area contributed by atoms with Crippen LogP contribution >= 0.6 is 0 Å². The topological polar surface area (TPSA) is 60.6 Å². The molecule has 54 valence electrons. The number of tetrazole rings is 1. The number of anilines is 1. The average molecular weight is 140 g/mol. The summed E-state index contributed by atoms with van der Waals surface area (Å²) in [5.41, 5.74) is 5.47. The molecule has 1 aliphatic rings. The first-order chi connectivity index (χ1) is 4.79. The average Bonchev–Trinajstić information content (AvgIpc) is 2.67. The Morgan fingerprint density at radius 1 is 1.70 bits per heavy atom. The predicted octanol–water partition coefficient (Wildman–Crippen LogP) is -0.980. The maximum absolute atomic E-state index is 5.47. The first-order valence-corrected chi connectivity index (χ1v) is 3.36. The summed E-state index contributed by atoms with van der Waals surface area (Å²) in [5.74, 6) is 0.479. The lowest BCUT2D eigenvalue weighted by Crippen LogP contribution is -2.41. The summed E-state index contributed by atoms with van der Waals surface area (Å²) in [6.07, 6.45) is 2.41. The van der Waals surface area contributed by atoms with Gasteiger partial charge in [-0.15, -0.1) is 0 Å². The molecule has 0 saturated heterocycles. The van der Waals surface area contributed by atoms with Gasteiger partial charge in [0.2, 0.25) is 0 Å². The first-order valence-electron chi connectivity index (χ1n) is 3.36. The summed E-state index contributed by atoms with van der Waals surface area (Å²) in [7, 11) is 1.87. The van der Waals surface area contributed by atoms with Crippen LogP contribution in [0.1, 0.15) is 18.9 Å². The van der Waals surface area contributed by atoms with Crippen molar-refractivity contribution in [2.75, 3.05) is 5.73 Å². The number of rotatable bonds is 1. The van der Waals surface area contributed by atoms with Crippen molar-refractivity contribution in [1.29, 1.82) is 0 Å². The van der Waals surface area contributed by atoms with Crippen molar-refractivity contribution >= 4 is 5.95 Å². The lowest BCUT2D eigenvalue weighted by atomic mass is 10.8. The smallest absolute Gasteiger partial charge is 0.304 e. The number of hydrogen-bond acceptors (Lipinski definition) is 3. The number of hydrogen-bond donors (Lipinski definition) is 1. The molecular formula is C5H10N5+. The van der Waals surface area contributed by atoms with Crippen LogP contribution in [0, 0.1) is 0 Å². The largest absolute Gasteiger partial charge is 0.397 e. The molecule has 0 radical (unpaired) electrons. The Hall–Kier alpha value is -1.13. The minimum Gasteiger partial charge on any atom is -0.304 e. The molecule has 0 aliphatic heterocycles. The summed E-state index contributed by atoms with van der Waals surface area (Å²) in [6.45, 7) is 0. The van der Waals surface area contributed by atoms with Crippen molar-refractivity contribution in [3.05, 3.63) is 0 Å². The lowest BCUT2D eigenvalue weighted by molar-refractivity contribution is -0.746. The van der Waals surface area contributed by atoms with Crippen molar-refractivity contribution in [2.24, 2.45) is 7.05 Å². The van der Waals surface area contributed by atoms with Gasteiger partial charge >= 0.3 is 5.95 Å². The van der Waals surface area contributed by atoms with E-state index in [4.69, 9.17) is 5.73 Å². The number of nitrogens with two attached hydrogens (primary N) is 1. The Bertz CT molecular complexity index is 249. The minimum absolute atomic E-state index is 0.479. The number of aromatic nitrogens is 4. The molecule has 0 unspecified atom stereocenters. The van der Waals surface area contributed by atoms with E-state index in [0.717, 1.165) is 0 Å². The summed E-state index contributed by atoms with van der Waals surface area (Å²) >= 11 is 0. The molecule has 2 N–H and O–H groups in total. The molecule has 1 saturated carbocycles. The predicted molar refractivity (Wildman–Crippen MR) is 33.9 cm³/mol. The first kappa shape index (κ1) is 5.64. The minimum atomic E-state index is 0.479. The number of nitrogens with zero attached hydrogens (tertiary/aromatic N) is 4. The van der Waals surface area contributed by atoms with E-state index in [0.29, 0.717) is 12.0 Å². The zero-order chi connectivity index (χ0) is 7.14. The van der Waals surface area contributed by atoms with E-state index in [-0.39, 0.29) is 0 Å². The molecule has 2 rings (SSSR count). The van der Waals surface area contributed by atoms with Crippen LogP contribution in [-0.4, -0.2) is 15.1 Å². The van der Waals surface area contributed by atoms with Crippen molar-refractivity contribution in [3.8, 4) is 0 Å². The van der Waals surface area contributed by atoms with Crippen LogP contribution < -0.4 is 10.4 Å². The van der Waals surface area contributed by atoms with E-state index < -0.39 is 0 Å². The van der Waals surface area contributed by atoms with Gasteiger partial charge < -0.3 is 5.73 Å². The summed E-state index contributed by atoms with van der Waals surface area (Å²) in [6, 6.07) is 0.551. The van der Waals surface area contributed by atoms with Gasteiger partial charge in [0.05, 0.1) is 18.2 Å². The van der Waals surface area contributed by atoms with Crippen LogP contribution in [0.2, 0.25) is 0 Å². The van der Waals surface area contributed by atoms with Crippen LogP contribution in [0.15, 0.2) is 0 Å². The number of nitrogen functional groups attached to an aromatic ring is 1. The summed E-state index contributed by atoms with van der Waals surface area (Å²) < 4.78 is 1.78. The second-order valence-corrected chi connectivity index (χ2v) is 2.62. The maximum Gasteiger partial charge on any atom is 0.397 e. The fraction of sp³-hybridized carbons (Fsp3) is 0.800. The molecule has 1 aromatic rings. The van der Waals surface area contributed by atoms with Crippen molar-refractivity contribution in [3.63, 3.8) is 0 Å². The van der Waals surface area contributed by atoms with Gasteiger partial charge in [-0.05, 0) is 12.8 Å². The highest BCUT2D eigenvalue weighted by Crippen LogP contribution is 2.32. The second-order valence-electron chi connectivity index (χ2n) is 2.62. The monoisotopic (exact) mass is 140 g/mol. The molecule has 0 amide bonds. The van der Waals surface area contributed by atoms with Gasteiger partial charge in [-0.2, -0.15) is 4.68 Å². The van der Waals surface area contributed by atoms with Gasteiger partial charge in [0.15, 0.2) is 0 Å². The van der Waals surface area contributed by atoms with Crippen molar-refractivity contribution in [1.82, 2.24) is 15.1 Å². The van der Waals surface area contributed by atoms with Crippen LogP contribution in [0.3, 0.4) is 0 Å². The Morgan fingerprint density at radius 3 is 2.80 bits per heavy atom. The third-order valence-electron chi connectivity index (χ3n) is 1.75. The SMILES string of the molecule is C[n+]1c(N)nnn1C1CC1. The molecule has 5 nitrogen and oxygen atoms in total. The van der Waals surface area contributed by atoms with Gasteiger partial charge in [0, 0.05) is 0 Å². The van der Waals surface area contributed by atoms with Crippen LogP contribution in [0.4, 0.5) is 5.95 Å². The van der Waals surface area contributed by atoms with Crippen molar-refractivity contribution < 1.29 is 4.68 Å². The maximum atomic E-state index is 5.47. The van der Waals surface area contributed by atoms with Gasteiger partial charge in [-0.25, -0.2) is 0 Å². The molecule has 10 heavy (non-hydrogen) atoms. The van der Waals surface area contributed by atoms with Crippen molar-refractivity contribution in [2.45, 2.75) is 18.9 Å². The molecule has 5 heteroatoms. The van der Waals surface area contributed by atoms with Crippen LogP contribution in [0.5, 0.6) is 0 Å². The second kappa shape index (κ2) is 1.68. The zero-order valence-electron chi connectivity index (χ0n) is 5.86. The molecule has 1 aliphatic carbocycles. The fourth-order valence-corrected chi connectivity index (χ4v) is 0.945. The molecule has 0 atom stereocenters. The highest BCUT2D eigenvalue weighted by Gasteiger charge is 2.30. The molecule has 1 fully saturated rings. The third kappa shape index (κ3) is 0.665. The van der Waals surface area contributed by atoms with E-state index in [1.807, 2.05) is 11.8 Å². The van der Waals surface area contributed by atoms with E-state index in [1.165, 1.54) is 12.8 Å². The Labute approximate surface area is 58.4 Å². The zero-order valence-corrected chi connectivity index (χ0v) is 5.86. The van der Waals surface area contributed by atoms with E-state index in [1.54, 1.807) is 4.68 Å². The molecule has 0 spiro atoms. The van der Waals surface area contributed by atoms with Crippen LogP contribution in [0.25, 0.3) is 0 Å². The highest BCUT2D eigenvalue weighted by molar-refractivity contribution is 4.98. The molecular weight excluding hydrogens is 130 g/mol. The van der Waals surface area contributed by atoms with Crippen LogP contribution in [-0.2, 0) is 7.05 Å². The normalized spacial score (nSPS) is 17.7. The Morgan fingerprint density at radius 2 is 2.40 bits per heavy atom. The van der Waals surface area contributed by atoms with Gasteiger partial charge in [-0.1, -0.05) is 4.80 Å². The third-order valence-corrected chi connectivity index (χ3v) is 1.75. The van der Waals surface area contributed by atoms with E-state index >= 15 is 0 Å². The Balaban J connectivity index is 2.40. The van der Waals surface area contributed by atoms with Gasteiger partial charge in [0.25, 0.3) is 0 Å². The standard InChI is InChI=1S/C5H9N5/c1-9-5(6)7-8-10(9)4-2-3-4/h4,6H,2-3H2,1H3/p+1. The van der Waals surface area contributed by atoms with E-state index in [2.05, 4.69) is 10.3 Å². The van der Waals surface area contributed by atoms with Gasteiger partial charge in [0.1, 0.15) is 5.21 Å². The quantitative estimate of drug-likeness (QED) is 0.510. The molecule has 1 aromatic heterocycles. The highest BCUT2D eigenvalue weighted by atomic mass is 15.7. The fourth-order valence-electron chi connectivity index (χ4n) is 0.945. The summed E-state index contributed by atoms with van der Waals surface area (Å²) in [5, 5.41) is 7.61. The summed E-state index contributed by atoms with van der Waals surface area (Å²) in [4.78, 5) is 1.83.